The van der Waals surface area contributed by atoms with Crippen LogP contribution in [0.2, 0.25) is 0 Å². The van der Waals surface area contributed by atoms with E-state index in [9.17, 15) is 0 Å². The molecule has 4 heterocycles. The Morgan fingerprint density at radius 2 is 1.71 bits per heavy atom. The third-order valence-corrected chi connectivity index (χ3v) is 7.90. The zero-order valence-corrected chi connectivity index (χ0v) is 20.8. The number of para-hydroxylation sites is 2. The van der Waals surface area contributed by atoms with Gasteiger partial charge in [0.05, 0.1) is 44.1 Å². The molecular formula is C27H42N4O3. The van der Waals surface area contributed by atoms with Crippen LogP contribution >= 0.6 is 0 Å². The number of hydrogen-bond donors (Lipinski definition) is 1. The molecule has 7 heteroatoms. The Morgan fingerprint density at radius 3 is 2.53 bits per heavy atom. The fourth-order valence-electron chi connectivity index (χ4n) is 6.31. The minimum Gasteiger partial charge on any atom is -0.382 e. The topological polar surface area (TPSA) is 60.8 Å². The van der Waals surface area contributed by atoms with E-state index in [2.05, 4.69) is 39.0 Å². The van der Waals surface area contributed by atoms with Gasteiger partial charge in [0.15, 0.2) is 0 Å². The van der Waals surface area contributed by atoms with Crippen LogP contribution in [0.1, 0.15) is 62.7 Å². The SMILES string of the molecule is COCCOCCOCCN1CCC[C@H](c2nc3ccccc3n2C2CC3CCCC(C2)N3)C1. The number of aromatic nitrogens is 2. The Morgan fingerprint density at radius 1 is 0.941 bits per heavy atom. The molecule has 0 radical (unpaired) electrons. The molecule has 0 amide bonds. The van der Waals surface area contributed by atoms with Gasteiger partial charge in [0.1, 0.15) is 5.82 Å². The third kappa shape index (κ3) is 5.82. The molecule has 34 heavy (non-hydrogen) atoms. The first kappa shape index (κ1) is 24.2. The van der Waals surface area contributed by atoms with Gasteiger partial charge in [-0.15, -0.1) is 0 Å². The standard InChI is InChI=1S/C27H42N4O3/c1-32-14-15-34-17-16-33-13-12-30-11-5-6-21(20-30)27-29-25-9-2-3-10-26(25)31(27)24-18-22-7-4-8-23(19-24)28-22/h2-3,9-10,21-24,28H,4-8,11-20H2,1H3/t21-,22?,23?,24?/m0/s1. The summed E-state index contributed by atoms with van der Waals surface area (Å²) in [7, 11) is 1.69. The van der Waals surface area contributed by atoms with Crippen molar-refractivity contribution < 1.29 is 14.2 Å². The van der Waals surface area contributed by atoms with Gasteiger partial charge in [0, 0.05) is 44.2 Å². The molecule has 2 aromatic rings. The highest BCUT2D eigenvalue weighted by Gasteiger charge is 2.35. The van der Waals surface area contributed by atoms with Crippen LogP contribution in [0.4, 0.5) is 0 Å². The largest absolute Gasteiger partial charge is 0.382 e. The number of imidazole rings is 1. The molecule has 0 spiro atoms. The van der Waals surface area contributed by atoms with Gasteiger partial charge in [-0.3, -0.25) is 0 Å². The Labute approximate surface area is 204 Å². The quantitative estimate of drug-likeness (QED) is 0.505. The van der Waals surface area contributed by atoms with E-state index in [1.165, 1.54) is 56.3 Å². The van der Waals surface area contributed by atoms with Crippen LogP contribution < -0.4 is 5.32 Å². The zero-order chi connectivity index (χ0) is 23.2. The zero-order valence-electron chi connectivity index (χ0n) is 20.8. The number of likely N-dealkylation sites (tertiary alicyclic amines) is 1. The molecule has 3 fully saturated rings. The van der Waals surface area contributed by atoms with Crippen LogP contribution in [0.3, 0.4) is 0 Å². The minimum absolute atomic E-state index is 0.494. The lowest BCUT2D eigenvalue weighted by Crippen LogP contribution is -2.49. The van der Waals surface area contributed by atoms with Crippen molar-refractivity contribution in [1.82, 2.24) is 19.8 Å². The first-order chi connectivity index (χ1) is 16.8. The summed E-state index contributed by atoms with van der Waals surface area (Å²) in [6.07, 6.45) is 8.96. The number of nitrogens with zero attached hydrogens (tertiary/aromatic N) is 3. The molecule has 2 bridgehead atoms. The Bertz CT molecular complexity index is 891. The van der Waals surface area contributed by atoms with E-state index in [0.717, 1.165) is 31.8 Å². The van der Waals surface area contributed by atoms with E-state index >= 15 is 0 Å². The van der Waals surface area contributed by atoms with Gasteiger partial charge in [-0.2, -0.15) is 0 Å². The number of methoxy groups -OCH3 is 1. The first-order valence-electron chi connectivity index (χ1n) is 13.4. The van der Waals surface area contributed by atoms with Crippen LogP contribution in [-0.4, -0.2) is 86.3 Å². The average molecular weight is 471 g/mol. The van der Waals surface area contributed by atoms with E-state index < -0.39 is 0 Å². The number of nitrogens with one attached hydrogen (secondary N) is 1. The number of benzene rings is 1. The highest BCUT2D eigenvalue weighted by atomic mass is 16.5. The van der Waals surface area contributed by atoms with Gasteiger partial charge < -0.3 is 29.0 Å². The van der Waals surface area contributed by atoms with Crippen LogP contribution in [0.5, 0.6) is 0 Å². The molecule has 1 aromatic heterocycles. The summed E-state index contributed by atoms with van der Waals surface area (Å²) in [4.78, 5) is 7.81. The lowest BCUT2D eigenvalue weighted by molar-refractivity contribution is 0.0177. The van der Waals surface area contributed by atoms with Gasteiger partial charge in [-0.05, 0) is 57.2 Å². The molecule has 2 unspecified atom stereocenters. The number of fused-ring (bicyclic) bond motifs is 3. The van der Waals surface area contributed by atoms with Crippen molar-refractivity contribution in [3.8, 4) is 0 Å². The summed E-state index contributed by atoms with van der Waals surface area (Å²) in [6.45, 7) is 6.52. The van der Waals surface area contributed by atoms with E-state index in [-0.39, 0.29) is 0 Å². The highest BCUT2D eigenvalue weighted by Crippen LogP contribution is 2.38. The second-order valence-corrected chi connectivity index (χ2v) is 10.3. The van der Waals surface area contributed by atoms with Gasteiger partial charge in [0.2, 0.25) is 0 Å². The summed E-state index contributed by atoms with van der Waals surface area (Å²) in [5, 5.41) is 3.88. The summed E-state index contributed by atoms with van der Waals surface area (Å²) >= 11 is 0. The van der Waals surface area contributed by atoms with Crippen LogP contribution in [-0.2, 0) is 14.2 Å². The molecule has 1 N–H and O–H groups in total. The molecule has 0 aliphatic carbocycles. The first-order valence-corrected chi connectivity index (χ1v) is 13.4. The maximum Gasteiger partial charge on any atom is 0.114 e. The van der Waals surface area contributed by atoms with Crippen molar-refractivity contribution >= 4 is 11.0 Å². The lowest BCUT2D eigenvalue weighted by Gasteiger charge is -2.42. The summed E-state index contributed by atoms with van der Waals surface area (Å²) in [5.74, 6) is 1.82. The molecule has 1 aromatic carbocycles. The lowest BCUT2D eigenvalue weighted by atomic mass is 9.83. The predicted octanol–water partition coefficient (Wildman–Crippen LogP) is 3.74. The molecule has 3 aliphatic heterocycles. The van der Waals surface area contributed by atoms with Gasteiger partial charge in [0.25, 0.3) is 0 Å². The van der Waals surface area contributed by atoms with Gasteiger partial charge in [-0.25, -0.2) is 4.98 Å². The Hall–Kier alpha value is -1.51. The smallest absolute Gasteiger partial charge is 0.114 e. The van der Waals surface area contributed by atoms with Gasteiger partial charge in [-0.1, -0.05) is 18.6 Å². The molecule has 0 saturated carbocycles. The summed E-state index contributed by atoms with van der Waals surface area (Å²) in [5.41, 5.74) is 2.49. The maximum atomic E-state index is 5.83. The molecule has 3 atom stereocenters. The average Bonchev–Trinajstić information content (AvgIpc) is 3.25. The highest BCUT2D eigenvalue weighted by molar-refractivity contribution is 5.76. The summed E-state index contributed by atoms with van der Waals surface area (Å²) in [6, 6.07) is 10.7. The van der Waals surface area contributed by atoms with E-state index in [1.807, 2.05) is 0 Å². The fourth-order valence-corrected chi connectivity index (χ4v) is 6.31. The number of ether oxygens (including phenoxy) is 3. The number of rotatable bonds is 11. The van der Waals surface area contributed by atoms with Crippen molar-refractivity contribution in [1.29, 1.82) is 0 Å². The molecular weight excluding hydrogens is 428 g/mol. The van der Waals surface area contributed by atoms with Gasteiger partial charge >= 0.3 is 0 Å². The molecule has 3 aliphatic rings. The van der Waals surface area contributed by atoms with E-state index in [4.69, 9.17) is 19.2 Å². The second kappa shape index (κ2) is 12.0. The van der Waals surface area contributed by atoms with Crippen molar-refractivity contribution in [3.63, 3.8) is 0 Å². The Kier molecular flexibility index (Phi) is 8.51. The van der Waals surface area contributed by atoms with Crippen LogP contribution in [0, 0.1) is 0 Å². The van der Waals surface area contributed by atoms with E-state index in [0.29, 0.717) is 50.5 Å². The van der Waals surface area contributed by atoms with Crippen molar-refractivity contribution in [2.24, 2.45) is 0 Å². The van der Waals surface area contributed by atoms with Crippen molar-refractivity contribution in [2.45, 2.75) is 69.0 Å². The number of piperidine rings is 3. The monoisotopic (exact) mass is 470 g/mol. The van der Waals surface area contributed by atoms with Crippen LogP contribution in [0.15, 0.2) is 24.3 Å². The predicted molar refractivity (Wildman–Crippen MR) is 134 cm³/mol. The van der Waals surface area contributed by atoms with Crippen LogP contribution in [0.25, 0.3) is 11.0 Å². The molecule has 3 saturated heterocycles. The fraction of sp³-hybridized carbons (Fsp3) is 0.741. The number of hydrogen-bond acceptors (Lipinski definition) is 6. The minimum atomic E-state index is 0.494. The summed E-state index contributed by atoms with van der Waals surface area (Å²) < 4.78 is 19.0. The molecule has 188 valence electrons. The second-order valence-electron chi connectivity index (χ2n) is 10.3. The normalized spacial score (nSPS) is 27.9. The Balaban J connectivity index is 1.23. The maximum absolute atomic E-state index is 5.83. The van der Waals surface area contributed by atoms with Crippen molar-refractivity contribution in [3.05, 3.63) is 30.1 Å². The third-order valence-electron chi connectivity index (χ3n) is 7.90. The van der Waals surface area contributed by atoms with Crippen molar-refractivity contribution in [2.75, 3.05) is 59.8 Å². The molecule has 7 nitrogen and oxygen atoms in total. The van der Waals surface area contributed by atoms with E-state index in [1.54, 1.807) is 7.11 Å². The molecule has 5 rings (SSSR count).